The van der Waals surface area contributed by atoms with Gasteiger partial charge >= 0.3 is 0 Å². The lowest BCUT2D eigenvalue weighted by atomic mass is 10.0. The van der Waals surface area contributed by atoms with Crippen LogP contribution >= 0.6 is 0 Å². The van der Waals surface area contributed by atoms with Gasteiger partial charge in [-0.15, -0.1) is 0 Å². The molecule has 2 atom stereocenters. The normalized spacial score (nSPS) is 22.4. The van der Waals surface area contributed by atoms with Gasteiger partial charge in [0.2, 0.25) is 0 Å². The second-order valence-corrected chi connectivity index (χ2v) is 6.45. The molecule has 20 heavy (non-hydrogen) atoms. The van der Waals surface area contributed by atoms with Gasteiger partial charge in [-0.05, 0) is 27.3 Å². The van der Waals surface area contributed by atoms with Gasteiger partial charge in [0.05, 0.1) is 12.7 Å². The number of ether oxygens (including phenoxy) is 1. The Bertz CT molecular complexity index is 233. The van der Waals surface area contributed by atoms with E-state index in [1.165, 1.54) is 44.9 Å². The summed E-state index contributed by atoms with van der Waals surface area (Å²) in [5, 5.41) is 3.48. The van der Waals surface area contributed by atoms with Crippen LogP contribution in [0, 0.1) is 0 Å². The molecular formula is C17H36N2O. The van der Waals surface area contributed by atoms with E-state index < -0.39 is 0 Å². The molecule has 1 N–H and O–H groups in total. The molecule has 120 valence electrons. The van der Waals surface area contributed by atoms with Crippen molar-refractivity contribution >= 4 is 0 Å². The lowest BCUT2D eigenvalue weighted by Crippen LogP contribution is -2.53. The maximum Gasteiger partial charge on any atom is 0.0855 e. The van der Waals surface area contributed by atoms with Crippen LogP contribution in [0.5, 0.6) is 0 Å². The van der Waals surface area contributed by atoms with Crippen LogP contribution in [0.3, 0.4) is 0 Å². The van der Waals surface area contributed by atoms with Gasteiger partial charge in [-0.1, -0.05) is 45.4 Å². The molecule has 0 aliphatic carbocycles. The number of nitrogens with zero attached hydrogens (tertiary/aromatic N) is 1. The first-order valence-corrected chi connectivity index (χ1v) is 8.72. The summed E-state index contributed by atoms with van der Waals surface area (Å²) in [7, 11) is 2.08. The molecule has 0 aromatic heterocycles. The van der Waals surface area contributed by atoms with Crippen LogP contribution < -0.4 is 5.32 Å². The molecule has 0 spiro atoms. The van der Waals surface area contributed by atoms with E-state index in [1.807, 2.05) is 0 Å². The third-order valence-electron chi connectivity index (χ3n) is 4.54. The number of hydrogen-bond donors (Lipinski definition) is 1. The second kappa shape index (κ2) is 10.6. The zero-order chi connectivity index (χ0) is 14.8. The molecule has 0 aromatic rings. The Labute approximate surface area is 126 Å². The number of morpholine rings is 1. The van der Waals surface area contributed by atoms with Gasteiger partial charge in [-0.2, -0.15) is 0 Å². The number of likely N-dealkylation sites (N-methyl/N-ethyl adjacent to an activating group) is 1. The molecule has 1 aliphatic heterocycles. The molecule has 0 saturated carbocycles. The summed E-state index contributed by atoms with van der Waals surface area (Å²) in [5.74, 6) is 0. The van der Waals surface area contributed by atoms with E-state index in [0.717, 1.165) is 19.7 Å². The number of nitrogens with one attached hydrogen (secondary N) is 1. The molecule has 3 heteroatoms. The van der Waals surface area contributed by atoms with E-state index in [1.54, 1.807) is 0 Å². The monoisotopic (exact) mass is 284 g/mol. The molecule has 0 aromatic carbocycles. The highest BCUT2D eigenvalue weighted by Gasteiger charge is 2.27. The molecular weight excluding hydrogens is 248 g/mol. The highest BCUT2D eigenvalue weighted by atomic mass is 16.5. The predicted molar refractivity (Wildman–Crippen MR) is 87.3 cm³/mol. The van der Waals surface area contributed by atoms with Crippen molar-refractivity contribution in [1.29, 1.82) is 0 Å². The van der Waals surface area contributed by atoms with Crippen molar-refractivity contribution in [1.82, 2.24) is 10.2 Å². The SMILES string of the molecule is CCCCCCCCC(NC)C1CN(C(C)C)CCO1. The first-order chi connectivity index (χ1) is 9.69. The van der Waals surface area contributed by atoms with Gasteiger partial charge in [0, 0.05) is 25.2 Å². The third kappa shape index (κ3) is 6.55. The lowest BCUT2D eigenvalue weighted by Gasteiger charge is -2.39. The van der Waals surface area contributed by atoms with E-state index in [-0.39, 0.29) is 0 Å². The summed E-state index contributed by atoms with van der Waals surface area (Å²) < 4.78 is 6.00. The molecule has 1 heterocycles. The largest absolute Gasteiger partial charge is 0.374 e. The predicted octanol–water partition coefficient (Wildman–Crippen LogP) is 3.43. The molecule has 3 nitrogen and oxygen atoms in total. The quantitative estimate of drug-likeness (QED) is 0.622. The van der Waals surface area contributed by atoms with Crippen molar-refractivity contribution in [2.75, 3.05) is 26.7 Å². The molecule has 0 amide bonds. The second-order valence-electron chi connectivity index (χ2n) is 6.45. The van der Waals surface area contributed by atoms with Crippen LogP contribution in [-0.4, -0.2) is 49.8 Å². The molecule has 0 radical (unpaired) electrons. The van der Waals surface area contributed by atoms with Crippen molar-refractivity contribution in [3.63, 3.8) is 0 Å². The number of hydrogen-bond acceptors (Lipinski definition) is 3. The summed E-state index contributed by atoms with van der Waals surface area (Å²) in [6, 6.07) is 1.15. The maximum absolute atomic E-state index is 6.00. The highest BCUT2D eigenvalue weighted by Crippen LogP contribution is 2.16. The fourth-order valence-corrected chi connectivity index (χ4v) is 3.07. The zero-order valence-electron chi connectivity index (χ0n) is 14.2. The first-order valence-electron chi connectivity index (χ1n) is 8.72. The van der Waals surface area contributed by atoms with Gasteiger partial charge in [0.15, 0.2) is 0 Å². The van der Waals surface area contributed by atoms with E-state index in [2.05, 4.69) is 38.0 Å². The van der Waals surface area contributed by atoms with E-state index in [9.17, 15) is 0 Å². The zero-order valence-corrected chi connectivity index (χ0v) is 14.2. The van der Waals surface area contributed by atoms with E-state index >= 15 is 0 Å². The summed E-state index contributed by atoms with van der Waals surface area (Å²) in [5.41, 5.74) is 0. The van der Waals surface area contributed by atoms with E-state index in [4.69, 9.17) is 4.74 Å². The molecule has 1 rings (SSSR count). The van der Waals surface area contributed by atoms with Crippen molar-refractivity contribution in [3.05, 3.63) is 0 Å². The minimum atomic E-state index is 0.367. The summed E-state index contributed by atoms with van der Waals surface area (Å²) in [6.07, 6.45) is 9.85. The molecule has 2 unspecified atom stereocenters. The lowest BCUT2D eigenvalue weighted by molar-refractivity contribution is -0.0557. The van der Waals surface area contributed by atoms with Crippen molar-refractivity contribution in [2.45, 2.75) is 83.9 Å². The fraction of sp³-hybridized carbons (Fsp3) is 1.00. The topological polar surface area (TPSA) is 24.5 Å². The number of unbranched alkanes of at least 4 members (excludes halogenated alkanes) is 5. The minimum absolute atomic E-state index is 0.367. The average Bonchev–Trinajstić information content (AvgIpc) is 2.46. The van der Waals surface area contributed by atoms with Crippen LogP contribution in [0.4, 0.5) is 0 Å². The Kier molecular flexibility index (Phi) is 9.49. The molecule has 1 saturated heterocycles. The van der Waals surface area contributed by atoms with Crippen molar-refractivity contribution in [2.24, 2.45) is 0 Å². The summed E-state index contributed by atoms with van der Waals surface area (Å²) in [6.45, 7) is 9.89. The van der Waals surface area contributed by atoms with Crippen LogP contribution in [0.2, 0.25) is 0 Å². The van der Waals surface area contributed by atoms with Gasteiger partial charge in [-0.25, -0.2) is 0 Å². The van der Waals surface area contributed by atoms with Crippen LogP contribution in [0.1, 0.15) is 65.7 Å². The Morgan fingerprint density at radius 3 is 2.50 bits per heavy atom. The van der Waals surface area contributed by atoms with Crippen LogP contribution in [0.15, 0.2) is 0 Å². The van der Waals surface area contributed by atoms with Gasteiger partial charge in [0.25, 0.3) is 0 Å². The van der Waals surface area contributed by atoms with Crippen LogP contribution in [0.25, 0.3) is 0 Å². The minimum Gasteiger partial charge on any atom is -0.374 e. The van der Waals surface area contributed by atoms with E-state index in [0.29, 0.717) is 18.2 Å². The molecule has 1 aliphatic rings. The maximum atomic E-state index is 6.00. The Morgan fingerprint density at radius 1 is 1.15 bits per heavy atom. The fourth-order valence-electron chi connectivity index (χ4n) is 3.07. The Balaban J connectivity index is 2.23. The first kappa shape index (κ1) is 17.9. The van der Waals surface area contributed by atoms with Gasteiger partial charge in [0.1, 0.15) is 0 Å². The standard InChI is InChI=1S/C17H36N2O/c1-5-6-7-8-9-10-11-16(18-4)17-14-19(15(2)3)12-13-20-17/h15-18H,5-14H2,1-4H3. The molecule has 1 fully saturated rings. The summed E-state index contributed by atoms with van der Waals surface area (Å²) in [4.78, 5) is 2.54. The van der Waals surface area contributed by atoms with Crippen molar-refractivity contribution < 1.29 is 4.74 Å². The highest BCUT2D eigenvalue weighted by molar-refractivity contribution is 4.83. The Morgan fingerprint density at radius 2 is 1.85 bits per heavy atom. The van der Waals surface area contributed by atoms with Gasteiger partial charge in [-0.3, -0.25) is 4.90 Å². The Hall–Kier alpha value is -0.120. The smallest absolute Gasteiger partial charge is 0.0855 e. The van der Waals surface area contributed by atoms with Crippen LogP contribution in [-0.2, 0) is 4.74 Å². The van der Waals surface area contributed by atoms with Gasteiger partial charge < -0.3 is 10.1 Å². The number of rotatable bonds is 10. The van der Waals surface area contributed by atoms with Crippen molar-refractivity contribution in [3.8, 4) is 0 Å². The molecule has 0 bridgehead atoms. The summed E-state index contributed by atoms with van der Waals surface area (Å²) >= 11 is 0. The third-order valence-corrected chi connectivity index (χ3v) is 4.54. The average molecular weight is 284 g/mol.